The highest BCUT2D eigenvalue weighted by atomic mass is 16.5. The first-order valence-corrected chi connectivity index (χ1v) is 7.25. The first kappa shape index (κ1) is 17.2. The Morgan fingerprint density at radius 2 is 1.81 bits per heavy atom. The van der Waals surface area contributed by atoms with Crippen molar-refractivity contribution in [2.45, 2.75) is 47.6 Å². The summed E-state index contributed by atoms with van der Waals surface area (Å²) in [5.41, 5.74) is 4.03. The zero-order valence-electron chi connectivity index (χ0n) is 13.7. The molecule has 1 rings (SSSR count). The average Bonchev–Trinajstić information content (AvgIpc) is 2.40. The fourth-order valence-electron chi connectivity index (χ4n) is 2.05. The predicted molar refractivity (Wildman–Crippen MR) is 85.2 cm³/mol. The van der Waals surface area contributed by atoms with Crippen molar-refractivity contribution in [1.29, 1.82) is 0 Å². The van der Waals surface area contributed by atoms with E-state index >= 15 is 0 Å². The van der Waals surface area contributed by atoms with Crippen molar-refractivity contribution >= 4 is 17.8 Å². The Kier molecular flexibility index (Phi) is 5.89. The number of rotatable bonds is 5. The molecule has 0 atom stereocenters. The lowest BCUT2D eigenvalue weighted by molar-refractivity contribution is -0.103. The molecule has 0 bridgehead atoms. The van der Waals surface area contributed by atoms with Gasteiger partial charge < -0.3 is 4.74 Å². The van der Waals surface area contributed by atoms with Crippen LogP contribution in [0.2, 0.25) is 0 Å². The molecule has 3 nitrogen and oxygen atoms in total. The molecule has 0 saturated heterocycles. The smallest absolute Gasteiger partial charge is 0.338 e. The van der Waals surface area contributed by atoms with Gasteiger partial charge in [0.05, 0.1) is 11.7 Å². The number of ether oxygens (including phenoxy) is 1. The zero-order chi connectivity index (χ0) is 16.2. The summed E-state index contributed by atoms with van der Waals surface area (Å²) in [4.78, 5) is 23.3. The SMILES string of the molecule is C/C(=C(/C=O)c1ccc(C(=O)OC(C)C)cc1C)C(C)C. The highest BCUT2D eigenvalue weighted by Gasteiger charge is 2.14. The summed E-state index contributed by atoms with van der Waals surface area (Å²) in [6.45, 7) is 11.6. The van der Waals surface area contributed by atoms with Gasteiger partial charge in [0.25, 0.3) is 0 Å². The molecule has 3 heteroatoms. The van der Waals surface area contributed by atoms with Crippen LogP contribution in [0.15, 0.2) is 23.8 Å². The lowest BCUT2D eigenvalue weighted by Crippen LogP contribution is -2.12. The van der Waals surface area contributed by atoms with Crippen molar-refractivity contribution in [3.63, 3.8) is 0 Å². The molecule has 0 aliphatic rings. The van der Waals surface area contributed by atoms with Gasteiger partial charge in [-0.3, -0.25) is 4.79 Å². The second-order valence-corrected chi connectivity index (χ2v) is 5.85. The number of aryl methyl sites for hydroxylation is 1. The van der Waals surface area contributed by atoms with Crippen LogP contribution < -0.4 is 0 Å². The number of allylic oxidation sites excluding steroid dienone is 2. The number of carbonyl (C=O) groups excluding carboxylic acids is 2. The molecule has 0 aromatic heterocycles. The van der Waals surface area contributed by atoms with Crippen LogP contribution >= 0.6 is 0 Å². The van der Waals surface area contributed by atoms with Gasteiger partial charge in [0.2, 0.25) is 0 Å². The van der Waals surface area contributed by atoms with E-state index in [0.717, 1.165) is 23.0 Å². The monoisotopic (exact) mass is 288 g/mol. The lowest BCUT2D eigenvalue weighted by atomic mass is 9.91. The standard InChI is InChI=1S/C18H24O3/c1-11(2)14(6)17(10-19)16-8-7-15(9-13(16)5)18(20)21-12(3)4/h7-12H,1-6H3/b17-14+. The topological polar surface area (TPSA) is 43.4 Å². The van der Waals surface area contributed by atoms with Gasteiger partial charge in [-0.05, 0) is 56.9 Å². The van der Waals surface area contributed by atoms with Gasteiger partial charge in [-0.15, -0.1) is 0 Å². The first-order chi connectivity index (χ1) is 9.77. The Labute approximate surface area is 127 Å². The van der Waals surface area contributed by atoms with E-state index in [0.29, 0.717) is 17.1 Å². The van der Waals surface area contributed by atoms with Crippen molar-refractivity contribution in [1.82, 2.24) is 0 Å². The van der Waals surface area contributed by atoms with Crippen LogP contribution in [0.1, 0.15) is 56.1 Å². The fourth-order valence-corrected chi connectivity index (χ4v) is 2.05. The second kappa shape index (κ2) is 7.21. The van der Waals surface area contributed by atoms with Gasteiger partial charge in [-0.2, -0.15) is 0 Å². The van der Waals surface area contributed by atoms with Crippen molar-refractivity contribution in [2.24, 2.45) is 5.92 Å². The Morgan fingerprint density at radius 1 is 1.19 bits per heavy atom. The van der Waals surface area contributed by atoms with Gasteiger partial charge in [-0.1, -0.05) is 25.5 Å². The third-order valence-corrected chi connectivity index (χ3v) is 3.50. The summed E-state index contributed by atoms with van der Waals surface area (Å²) in [6, 6.07) is 5.31. The van der Waals surface area contributed by atoms with Gasteiger partial charge >= 0.3 is 5.97 Å². The van der Waals surface area contributed by atoms with Crippen LogP contribution in [0, 0.1) is 12.8 Å². The summed E-state index contributed by atoms with van der Waals surface area (Å²) < 4.78 is 5.18. The number of benzene rings is 1. The fraction of sp³-hybridized carbons (Fsp3) is 0.444. The highest BCUT2D eigenvalue weighted by molar-refractivity contribution is 6.09. The average molecular weight is 288 g/mol. The number of esters is 1. The third-order valence-electron chi connectivity index (χ3n) is 3.50. The molecule has 21 heavy (non-hydrogen) atoms. The van der Waals surface area contributed by atoms with E-state index in [1.165, 1.54) is 0 Å². The van der Waals surface area contributed by atoms with Gasteiger partial charge in [0, 0.05) is 5.57 Å². The lowest BCUT2D eigenvalue weighted by Gasteiger charge is -2.14. The maximum atomic E-state index is 11.9. The molecule has 1 aromatic rings. The van der Waals surface area contributed by atoms with E-state index in [9.17, 15) is 9.59 Å². The quantitative estimate of drug-likeness (QED) is 0.463. The van der Waals surface area contributed by atoms with E-state index in [-0.39, 0.29) is 12.1 Å². The Hall–Kier alpha value is -1.90. The Morgan fingerprint density at radius 3 is 2.24 bits per heavy atom. The molecule has 0 fully saturated rings. The summed E-state index contributed by atoms with van der Waals surface area (Å²) in [5.74, 6) is -0.0351. The Bertz CT molecular complexity index is 566. The molecule has 1 aromatic carbocycles. The van der Waals surface area contributed by atoms with Gasteiger partial charge in [0.15, 0.2) is 6.29 Å². The van der Waals surface area contributed by atoms with Crippen LogP contribution in [0.3, 0.4) is 0 Å². The second-order valence-electron chi connectivity index (χ2n) is 5.85. The van der Waals surface area contributed by atoms with Crippen LogP contribution in [-0.2, 0) is 9.53 Å². The maximum absolute atomic E-state index is 11.9. The van der Waals surface area contributed by atoms with Crippen molar-refractivity contribution in [2.75, 3.05) is 0 Å². The summed E-state index contributed by atoms with van der Waals surface area (Å²) in [5, 5.41) is 0. The van der Waals surface area contributed by atoms with Crippen molar-refractivity contribution < 1.29 is 14.3 Å². The molecule has 114 valence electrons. The maximum Gasteiger partial charge on any atom is 0.338 e. The van der Waals surface area contributed by atoms with Crippen LogP contribution in [0.4, 0.5) is 0 Å². The number of hydrogen-bond donors (Lipinski definition) is 0. The minimum atomic E-state index is -0.336. The van der Waals surface area contributed by atoms with E-state index in [2.05, 4.69) is 13.8 Å². The van der Waals surface area contributed by atoms with Crippen LogP contribution in [0.25, 0.3) is 5.57 Å². The van der Waals surface area contributed by atoms with Crippen molar-refractivity contribution in [3.05, 3.63) is 40.5 Å². The van der Waals surface area contributed by atoms with E-state index in [1.54, 1.807) is 12.1 Å². The minimum absolute atomic E-state index is 0.147. The molecular formula is C18H24O3. The molecule has 0 aliphatic heterocycles. The molecule has 0 N–H and O–H groups in total. The third kappa shape index (κ3) is 4.28. The van der Waals surface area contributed by atoms with Gasteiger partial charge in [0.1, 0.15) is 0 Å². The molecule has 0 amide bonds. The first-order valence-electron chi connectivity index (χ1n) is 7.25. The van der Waals surface area contributed by atoms with Crippen molar-refractivity contribution in [3.8, 4) is 0 Å². The normalized spacial score (nSPS) is 12.4. The Balaban J connectivity index is 3.22. The predicted octanol–water partition coefficient (Wildman–Crippen LogP) is 4.19. The highest BCUT2D eigenvalue weighted by Crippen LogP contribution is 2.25. The molecule has 0 spiro atoms. The number of hydrogen-bond acceptors (Lipinski definition) is 3. The van der Waals surface area contributed by atoms with E-state index in [1.807, 2.05) is 33.8 Å². The van der Waals surface area contributed by atoms with E-state index in [4.69, 9.17) is 4.74 Å². The molecule has 0 aliphatic carbocycles. The summed E-state index contributed by atoms with van der Waals surface area (Å²) in [6.07, 6.45) is 0.746. The van der Waals surface area contributed by atoms with Gasteiger partial charge in [-0.25, -0.2) is 4.79 Å². The number of aldehydes is 1. The molecular weight excluding hydrogens is 264 g/mol. The number of carbonyl (C=O) groups is 2. The molecule has 0 radical (unpaired) electrons. The molecule has 0 saturated carbocycles. The zero-order valence-corrected chi connectivity index (χ0v) is 13.7. The summed E-state index contributed by atoms with van der Waals surface area (Å²) in [7, 11) is 0. The van der Waals surface area contributed by atoms with E-state index < -0.39 is 0 Å². The van der Waals surface area contributed by atoms with Crippen LogP contribution in [-0.4, -0.2) is 18.4 Å². The minimum Gasteiger partial charge on any atom is -0.459 e. The summed E-state index contributed by atoms with van der Waals surface area (Å²) >= 11 is 0. The largest absolute Gasteiger partial charge is 0.459 e. The molecule has 0 heterocycles. The van der Waals surface area contributed by atoms with Crippen LogP contribution in [0.5, 0.6) is 0 Å². The molecule has 0 unspecified atom stereocenters.